The van der Waals surface area contributed by atoms with Crippen molar-refractivity contribution < 1.29 is 8.78 Å². The molecule has 0 spiro atoms. The molecule has 1 nitrogen and oxygen atoms in total. The van der Waals surface area contributed by atoms with Gasteiger partial charge in [-0.05, 0) is 24.7 Å². The monoisotopic (exact) mass is 267 g/mol. The molecule has 1 aliphatic carbocycles. The Bertz CT molecular complexity index is 391. The number of hydrogen-bond acceptors (Lipinski definition) is 1. The van der Waals surface area contributed by atoms with Crippen LogP contribution in [0.15, 0.2) is 30.3 Å². The van der Waals surface area contributed by atoms with Gasteiger partial charge >= 0.3 is 0 Å². The Hall–Kier alpha value is -0.960. The minimum atomic E-state index is -2.79. The zero-order valence-electron chi connectivity index (χ0n) is 11.7. The maximum atomic E-state index is 14.1. The van der Waals surface area contributed by atoms with E-state index in [0.717, 1.165) is 19.3 Å². The van der Waals surface area contributed by atoms with E-state index >= 15 is 0 Å². The molecule has 1 fully saturated rings. The number of alkyl halides is 2. The van der Waals surface area contributed by atoms with Gasteiger partial charge in [-0.15, -0.1) is 0 Å². The molecule has 1 N–H and O–H groups in total. The fourth-order valence-electron chi connectivity index (χ4n) is 3.16. The highest BCUT2D eigenvalue weighted by Crippen LogP contribution is 2.35. The Balaban J connectivity index is 1.92. The Morgan fingerprint density at radius 1 is 1.21 bits per heavy atom. The third-order valence-corrected chi connectivity index (χ3v) is 4.53. The summed E-state index contributed by atoms with van der Waals surface area (Å²) in [7, 11) is 0. The fourth-order valence-corrected chi connectivity index (χ4v) is 3.16. The average Bonchev–Trinajstić information content (AvgIpc) is 2.78. The maximum absolute atomic E-state index is 14.1. The lowest BCUT2D eigenvalue weighted by Crippen LogP contribution is -2.39. The molecule has 106 valence electrons. The molecule has 3 unspecified atom stereocenters. The summed E-state index contributed by atoms with van der Waals surface area (Å²) >= 11 is 0. The topological polar surface area (TPSA) is 12.0 Å². The first-order valence-corrected chi connectivity index (χ1v) is 7.21. The molecule has 0 radical (unpaired) electrons. The molecule has 0 bridgehead atoms. The third kappa shape index (κ3) is 3.33. The third-order valence-electron chi connectivity index (χ3n) is 4.53. The molecule has 1 saturated carbocycles. The fraction of sp³-hybridized carbons (Fsp3) is 0.625. The quantitative estimate of drug-likeness (QED) is 0.843. The van der Waals surface area contributed by atoms with Gasteiger partial charge in [0.25, 0.3) is 5.92 Å². The highest BCUT2D eigenvalue weighted by Gasteiger charge is 2.36. The number of benzene rings is 1. The second-order valence-corrected chi connectivity index (χ2v) is 5.66. The molecule has 0 saturated heterocycles. The van der Waals surface area contributed by atoms with Crippen LogP contribution >= 0.6 is 0 Å². The predicted molar refractivity (Wildman–Crippen MR) is 74.3 cm³/mol. The first-order chi connectivity index (χ1) is 9.04. The Morgan fingerprint density at radius 3 is 2.47 bits per heavy atom. The van der Waals surface area contributed by atoms with Crippen LogP contribution in [0.2, 0.25) is 0 Å². The summed E-state index contributed by atoms with van der Waals surface area (Å²) in [4.78, 5) is 0. The summed E-state index contributed by atoms with van der Waals surface area (Å²) in [5.41, 5.74) is 0.0974. The highest BCUT2D eigenvalue weighted by molar-refractivity contribution is 5.20. The summed E-state index contributed by atoms with van der Waals surface area (Å²) in [5, 5.41) is 3.08. The number of rotatable bonds is 5. The Morgan fingerprint density at radius 2 is 1.89 bits per heavy atom. The lowest BCUT2D eigenvalue weighted by molar-refractivity contribution is -0.00690. The van der Waals surface area contributed by atoms with Crippen LogP contribution in [-0.4, -0.2) is 12.6 Å². The van der Waals surface area contributed by atoms with Crippen molar-refractivity contribution in [2.24, 2.45) is 11.8 Å². The lowest BCUT2D eigenvalue weighted by atomic mass is 9.93. The zero-order chi connectivity index (χ0) is 13.9. The van der Waals surface area contributed by atoms with E-state index in [0.29, 0.717) is 11.8 Å². The average molecular weight is 267 g/mol. The molecule has 0 amide bonds. The molecule has 3 heteroatoms. The van der Waals surface area contributed by atoms with Crippen molar-refractivity contribution in [1.29, 1.82) is 0 Å². The number of nitrogens with one attached hydrogen (secondary N) is 1. The Labute approximate surface area is 114 Å². The van der Waals surface area contributed by atoms with Gasteiger partial charge in [0.2, 0.25) is 0 Å². The van der Waals surface area contributed by atoms with E-state index in [2.05, 4.69) is 19.2 Å². The van der Waals surface area contributed by atoms with E-state index in [1.807, 2.05) is 0 Å². The molecular formula is C16H23F2N. The van der Waals surface area contributed by atoms with Crippen LogP contribution in [-0.2, 0) is 5.92 Å². The Kier molecular flexibility index (Phi) is 4.56. The minimum Gasteiger partial charge on any atom is -0.308 e. The van der Waals surface area contributed by atoms with Crippen LogP contribution in [0.1, 0.15) is 38.7 Å². The smallest absolute Gasteiger partial charge is 0.285 e. The second kappa shape index (κ2) is 6.00. The van der Waals surface area contributed by atoms with Crippen LogP contribution in [0.4, 0.5) is 8.78 Å². The van der Waals surface area contributed by atoms with E-state index in [9.17, 15) is 8.78 Å². The van der Waals surface area contributed by atoms with Gasteiger partial charge in [-0.25, -0.2) is 0 Å². The molecule has 3 atom stereocenters. The molecule has 0 aliphatic heterocycles. The van der Waals surface area contributed by atoms with Crippen LogP contribution in [0, 0.1) is 11.8 Å². The predicted octanol–water partition coefficient (Wildman–Crippen LogP) is 4.19. The van der Waals surface area contributed by atoms with Crippen LogP contribution < -0.4 is 5.32 Å². The van der Waals surface area contributed by atoms with Gasteiger partial charge in [0, 0.05) is 11.6 Å². The summed E-state index contributed by atoms with van der Waals surface area (Å²) in [6, 6.07) is 8.31. The van der Waals surface area contributed by atoms with E-state index in [1.165, 1.54) is 12.1 Å². The van der Waals surface area contributed by atoms with Crippen LogP contribution in [0.25, 0.3) is 0 Å². The molecule has 1 aliphatic rings. The van der Waals surface area contributed by atoms with Crippen molar-refractivity contribution in [2.75, 3.05) is 6.54 Å². The summed E-state index contributed by atoms with van der Waals surface area (Å²) in [5.74, 6) is -1.61. The summed E-state index contributed by atoms with van der Waals surface area (Å²) in [6.45, 7) is 4.10. The number of halogens is 2. The number of hydrogen-bond donors (Lipinski definition) is 1. The second-order valence-electron chi connectivity index (χ2n) is 5.66. The first-order valence-electron chi connectivity index (χ1n) is 7.21. The van der Waals surface area contributed by atoms with Crippen molar-refractivity contribution in [3.05, 3.63) is 35.9 Å². The van der Waals surface area contributed by atoms with Gasteiger partial charge in [0.05, 0.1) is 6.54 Å². The van der Waals surface area contributed by atoms with E-state index in [1.54, 1.807) is 18.2 Å². The minimum absolute atomic E-state index is 0.0974. The molecule has 19 heavy (non-hydrogen) atoms. The van der Waals surface area contributed by atoms with Crippen molar-refractivity contribution >= 4 is 0 Å². The lowest BCUT2D eigenvalue weighted by Gasteiger charge is -2.24. The summed E-state index contributed by atoms with van der Waals surface area (Å²) < 4.78 is 28.1. The van der Waals surface area contributed by atoms with E-state index in [4.69, 9.17) is 0 Å². The molecule has 0 aromatic heterocycles. The zero-order valence-corrected chi connectivity index (χ0v) is 11.7. The maximum Gasteiger partial charge on any atom is 0.285 e. The molecular weight excluding hydrogens is 244 g/mol. The molecule has 2 rings (SSSR count). The van der Waals surface area contributed by atoms with E-state index < -0.39 is 5.92 Å². The van der Waals surface area contributed by atoms with Gasteiger partial charge in [-0.2, -0.15) is 8.78 Å². The van der Waals surface area contributed by atoms with Crippen molar-refractivity contribution in [1.82, 2.24) is 5.32 Å². The standard InChI is InChI=1S/C16H23F2N/c1-3-13-9-10-15(12(13)2)19-11-16(17,18)14-7-5-4-6-8-14/h4-8,12-13,15,19H,3,9-11H2,1-2H3. The van der Waals surface area contributed by atoms with Crippen molar-refractivity contribution in [3.63, 3.8) is 0 Å². The molecule has 1 aromatic carbocycles. The SMILES string of the molecule is CCC1CCC(NCC(F)(F)c2ccccc2)C1C. The highest BCUT2D eigenvalue weighted by atomic mass is 19.3. The van der Waals surface area contributed by atoms with Gasteiger partial charge in [0.1, 0.15) is 0 Å². The van der Waals surface area contributed by atoms with Gasteiger partial charge in [-0.3, -0.25) is 0 Å². The van der Waals surface area contributed by atoms with Crippen LogP contribution in [0.3, 0.4) is 0 Å². The van der Waals surface area contributed by atoms with Gasteiger partial charge < -0.3 is 5.32 Å². The normalized spacial score (nSPS) is 27.7. The van der Waals surface area contributed by atoms with Gasteiger partial charge in [-0.1, -0.05) is 50.6 Å². The first kappa shape index (κ1) is 14.4. The summed E-state index contributed by atoms with van der Waals surface area (Å²) in [6.07, 6.45) is 3.32. The largest absolute Gasteiger partial charge is 0.308 e. The van der Waals surface area contributed by atoms with Crippen molar-refractivity contribution in [3.8, 4) is 0 Å². The molecule has 0 heterocycles. The van der Waals surface area contributed by atoms with Crippen LogP contribution in [0.5, 0.6) is 0 Å². The molecule has 1 aromatic rings. The van der Waals surface area contributed by atoms with Crippen molar-refractivity contribution in [2.45, 2.75) is 45.1 Å². The van der Waals surface area contributed by atoms with Gasteiger partial charge in [0.15, 0.2) is 0 Å². The van der Waals surface area contributed by atoms with E-state index in [-0.39, 0.29) is 18.2 Å².